The van der Waals surface area contributed by atoms with Crippen molar-refractivity contribution < 1.29 is 23.7 Å². The third-order valence-electron chi connectivity index (χ3n) is 1.78. The molecule has 1 rings (SSSR count). The van der Waals surface area contributed by atoms with Crippen molar-refractivity contribution in [1.82, 2.24) is 0 Å². The smallest absolute Gasteiger partial charge is 0.339 e. The molecule has 0 aromatic rings. The van der Waals surface area contributed by atoms with E-state index in [4.69, 9.17) is 18.9 Å². The van der Waals surface area contributed by atoms with Crippen molar-refractivity contribution >= 4 is 5.97 Å². The molecule has 0 aromatic carbocycles. The van der Waals surface area contributed by atoms with Gasteiger partial charge in [0.15, 0.2) is 12.6 Å². The summed E-state index contributed by atoms with van der Waals surface area (Å²) >= 11 is 0. The topological polar surface area (TPSA) is 54.0 Å². The van der Waals surface area contributed by atoms with Gasteiger partial charge in [0, 0.05) is 14.2 Å². The molecule has 0 spiro atoms. The Morgan fingerprint density at radius 2 is 2.21 bits per heavy atom. The molecule has 1 aliphatic rings. The van der Waals surface area contributed by atoms with Crippen molar-refractivity contribution in [2.45, 2.75) is 19.5 Å². The highest BCUT2D eigenvalue weighted by Crippen LogP contribution is 2.21. The molecule has 14 heavy (non-hydrogen) atoms. The van der Waals surface area contributed by atoms with Crippen LogP contribution in [0, 0.1) is 0 Å². The minimum atomic E-state index is -0.695. The summed E-state index contributed by atoms with van der Waals surface area (Å²) in [4.78, 5) is 11.4. The first-order valence-electron chi connectivity index (χ1n) is 4.32. The predicted octanol–water partition coefficient (Wildman–Crippen LogP) is 0.451. The van der Waals surface area contributed by atoms with E-state index >= 15 is 0 Å². The Bertz CT molecular complexity index is 235. The maximum atomic E-state index is 11.4. The molecule has 80 valence electrons. The van der Waals surface area contributed by atoms with Crippen LogP contribution in [0.5, 0.6) is 0 Å². The lowest BCUT2D eigenvalue weighted by atomic mass is 10.2. The second kappa shape index (κ2) is 5.09. The average Bonchev–Trinajstić information content (AvgIpc) is 2.61. The van der Waals surface area contributed by atoms with Crippen LogP contribution in [-0.2, 0) is 23.7 Å². The first kappa shape index (κ1) is 11.2. The van der Waals surface area contributed by atoms with Gasteiger partial charge in [-0.2, -0.15) is 0 Å². The number of hydrogen-bond donors (Lipinski definition) is 0. The van der Waals surface area contributed by atoms with Gasteiger partial charge in [0.05, 0.1) is 12.2 Å². The Hall–Kier alpha value is -0.910. The van der Waals surface area contributed by atoms with E-state index in [-0.39, 0.29) is 0 Å². The van der Waals surface area contributed by atoms with Gasteiger partial charge in [0.25, 0.3) is 0 Å². The van der Waals surface area contributed by atoms with Crippen LogP contribution in [0.2, 0.25) is 0 Å². The number of esters is 1. The monoisotopic (exact) mass is 202 g/mol. The average molecular weight is 202 g/mol. The third-order valence-corrected chi connectivity index (χ3v) is 1.78. The Balaban J connectivity index is 2.68. The van der Waals surface area contributed by atoms with Crippen LogP contribution in [0.1, 0.15) is 6.92 Å². The predicted molar refractivity (Wildman–Crippen MR) is 47.4 cm³/mol. The molecule has 2 atom stereocenters. The van der Waals surface area contributed by atoms with Gasteiger partial charge in [0.2, 0.25) is 0 Å². The van der Waals surface area contributed by atoms with Gasteiger partial charge in [-0.1, -0.05) is 0 Å². The van der Waals surface area contributed by atoms with E-state index in [2.05, 4.69) is 0 Å². The molecule has 0 aliphatic carbocycles. The fourth-order valence-electron chi connectivity index (χ4n) is 1.14. The first-order valence-corrected chi connectivity index (χ1v) is 4.32. The summed E-state index contributed by atoms with van der Waals surface area (Å²) < 4.78 is 19.9. The fourth-order valence-corrected chi connectivity index (χ4v) is 1.14. The molecule has 0 bridgehead atoms. The molecule has 5 heteroatoms. The van der Waals surface area contributed by atoms with Crippen molar-refractivity contribution in [2.75, 3.05) is 20.8 Å². The van der Waals surface area contributed by atoms with Gasteiger partial charge < -0.3 is 18.9 Å². The summed E-state index contributed by atoms with van der Waals surface area (Å²) in [6.07, 6.45) is 0.310. The first-order chi connectivity index (χ1) is 6.72. The second-order valence-corrected chi connectivity index (χ2v) is 2.65. The second-order valence-electron chi connectivity index (χ2n) is 2.65. The molecule has 5 nitrogen and oxygen atoms in total. The summed E-state index contributed by atoms with van der Waals surface area (Å²) in [6, 6.07) is 0. The minimum Gasteiger partial charge on any atom is -0.462 e. The van der Waals surface area contributed by atoms with Crippen molar-refractivity contribution in [3.8, 4) is 0 Å². The molecule has 0 saturated carbocycles. The van der Waals surface area contributed by atoms with Crippen LogP contribution < -0.4 is 0 Å². The number of hydrogen-bond acceptors (Lipinski definition) is 5. The number of ether oxygens (including phenoxy) is 4. The van der Waals surface area contributed by atoms with E-state index in [1.165, 1.54) is 14.2 Å². The zero-order valence-electron chi connectivity index (χ0n) is 8.48. The molecular formula is C9H14O5. The number of rotatable bonds is 4. The van der Waals surface area contributed by atoms with E-state index in [1.807, 2.05) is 0 Å². The largest absolute Gasteiger partial charge is 0.462 e. The SMILES string of the molecule is CCOC(=O)C1=CC(OC)OC1OC. The van der Waals surface area contributed by atoms with Crippen LogP contribution in [0.4, 0.5) is 0 Å². The Labute approximate surface area is 82.6 Å². The van der Waals surface area contributed by atoms with Gasteiger partial charge in [-0.25, -0.2) is 4.79 Å². The lowest BCUT2D eigenvalue weighted by Gasteiger charge is -2.13. The molecule has 0 radical (unpaired) electrons. The van der Waals surface area contributed by atoms with Crippen LogP contribution in [0.15, 0.2) is 11.6 Å². The summed E-state index contributed by atoms with van der Waals surface area (Å²) in [6.45, 7) is 2.06. The Morgan fingerprint density at radius 3 is 2.71 bits per heavy atom. The third kappa shape index (κ3) is 2.31. The standard InChI is InChI=1S/C9H14O5/c1-4-13-8(10)6-5-7(11-2)14-9(6)12-3/h5,7,9H,4H2,1-3H3. The van der Waals surface area contributed by atoms with Crippen LogP contribution in [0.3, 0.4) is 0 Å². The van der Waals surface area contributed by atoms with Gasteiger partial charge in [-0.3, -0.25) is 0 Å². The Kier molecular flexibility index (Phi) is 4.06. The van der Waals surface area contributed by atoms with E-state index < -0.39 is 18.5 Å². The summed E-state index contributed by atoms with van der Waals surface area (Å²) in [5, 5.41) is 0. The van der Waals surface area contributed by atoms with Crippen LogP contribution >= 0.6 is 0 Å². The highest BCUT2D eigenvalue weighted by molar-refractivity contribution is 5.89. The van der Waals surface area contributed by atoms with E-state index in [1.54, 1.807) is 13.0 Å². The lowest BCUT2D eigenvalue weighted by molar-refractivity contribution is -0.180. The summed E-state index contributed by atoms with van der Waals surface area (Å²) in [5.41, 5.74) is 0.348. The highest BCUT2D eigenvalue weighted by atomic mass is 16.8. The lowest BCUT2D eigenvalue weighted by Crippen LogP contribution is -2.22. The Morgan fingerprint density at radius 1 is 1.50 bits per heavy atom. The molecule has 1 aliphatic heterocycles. The maximum Gasteiger partial charge on any atom is 0.339 e. The van der Waals surface area contributed by atoms with E-state index in [0.29, 0.717) is 12.2 Å². The minimum absolute atomic E-state index is 0.324. The van der Waals surface area contributed by atoms with E-state index in [9.17, 15) is 4.79 Å². The fraction of sp³-hybridized carbons (Fsp3) is 0.667. The van der Waals surface area contributed by atoms with Gasteiger partial charge in [-0.15, -0.1) is 0 Å². The number of carbonyl (C=O) groups is 1. The molecule has 0 aromatic heterocycles. The normalized spacial score (nSPS) is 26.1. The zero-order valence-corrected chi connectivity index (χ0v) is 8.48. The summed E-state index contributed by atoms with van der Waals surface area (Å²) in [7, 11) is 2.94. The van der Waals surface area contributed by atoms with Crippen molar-refractivity contribution in [3.05, 3.63) is 11.6 Å². The van der Waals surface area contributed by atoms with Crippen molar-refractivity contribution in [1.29, 1.82) is 0 Å². The zero-order chi connectivity index (χ0) is 10.6. The molecule has 2 unspecified atom stereocenters. The van der Waals surface area contributed by atoms with Gasteiger partial charge >= 0.3 is 5.97 Å². The summed E-state index contributed by atoms with van der Waals surface area (Å²) in [5.74, 6) is -0.432. The molecule has 0 saturated heterocycles. The van der Waals surface area contributed by atoms with Gasteiger partial charge in [0.1, 0.15) is 0 Å². The van der Waals surface area contributed by atoms with Crippen LogP contribution in [-0.4, -0.2) is 39.4 Å². The van der Waals surface area contributed by atoms with Gasteiger partial charge in [-0.05, 0) is 13.0 Å². The van der Waals surface area contributed by atoms with Crippen LogP contribution in [0.25, 0.3) is 0 Å². The maximum absolute atomic E-state index is 11.4. The number of methoxy groups -OCH3 is 2. The van der Waals surface area contributed by atoms with Crippen molar-refractivity contribution in [3.63, 3.8) is 0 Å². The molecule has 0 N–H and O–H groups in total. The number of carbonyl (C=O) groups excluding carboxylic acids is 1. The van der Waals surface area contributed by atoms with Crippen molar-refractivity contribution in [2.24, 2.45) is 0 Å². The molecule has 0 amide bonds. The molecular weight excluding hydrogens is 188 g/mol. The molecule has 1 heterocycles. The van der Waals surface area contributed by atoms with E-state index in [0.717, 1.165) is 0 Å². The highest BCUT2D eigenvalue weighted by Gasteiger charge is 2.32. The quantitative estimate of drug-likeness (QED) is 0.619. The molecule has 0 fully saturated rings.